The van der Waals surface area contributed by atoms with Crippen molar-refractivity contribution in [1.29, 1.82) is 0 Å². The van der Waals surface area contributed by atoms with Crippen molar-refractivity contribution in [3.05, 3.63) is 87.7 Å². The lowest BCUT2D eigenvalue weighted by molar-refractivity contribution is -0.137. The van der Waals surface area contributed by atoms with Crippen LogP contribution in [-0.4, -0.2) is 66.2 Å². The van der Waals surface area contributed by atoms with Gasteiger partial charge in [-0.1, -0.05) is 38.1 Å². The fourth-order valence-corrected chi connectivity index (χ4v) is 4.96. The molecule has 0 aliphatic carbocycles. The maximum atomic E-state index is 13.8. The van der Waals surface area contributed by atoms with Gasteiger partial charge in [0.2, 0.25) is 0 Å². The molecule has 0 bridgehead atoms. The normalized spacial score (nSPS) is 13.7. The highest BCUT2D eigenvalue weighted by Crippen LogP contribution is 2.34. The molecular weight excluding hydrogens is 532 g/mol. The number of carbonyl (C=O) groups is 1. The van der Waals surface area contributed by atoms with Gasteiger partial charge in [-0.2, -0.15) is 9.78 Å². The monoisotopic (exact) mass is 568 g/mol. The quantitative estimate of drug-likeness (QED) is 0.263. The van der Waals surface area contributed by atoms with Gasteiger partial charge < -0.3 is 19.1 Å². The molecule has 4 aromatic rings. The lowest BCUT2D eigenvalue weighted by Crippen LogP contribution is -2.43. The molecule has 9 nitrogen and oxygen atoms in total. The number of para-hydroxylation sites is 2. The van der Waals surface area contributed by atoms with Crippen molar-refractivity contribution in [1.82, 2.24) is 14.6 Å². The third kappa shape index (κ3) is 6.21. The van der Waals surface area contributed by atoms with Gasteiger partial charge in [-0.05, 0) is 67.3 Å². The van der Waals surface area contributed by atoms with E-state index in [1.807, 2.05) is 62.4 Å². The van der Waals surface area contributed by atoms with E-state index < -0.39 is 0 Å². The van der Waals surface area contributed by atoms with E-state index in [0.29, 0.717) is 61.0 Å². The van der Waals surface area contributed by atoms with E-state index in [2.05, 4.69) is 18.9 Å². The molecule has 1 aliphatic rings. The average Bonchev–Trinajstić information content (AvgIpc) is 3.00. The van der Waals surface area contributed by atoms with E-state index in [1.54, 1.807) is 23.2 Å². The first-order chi connectivity index (χ1) is 20.4. The van der Waals surface area contributed by atoms with Crippen molar-refractivity contribution >= 4 is 23.0 Å². The first-order valence-corrected chi connectivity index (χ1v) is 14.3. The van der Waals surface area contributed by atoms with Gasteiger partial charge in [0.25, 0.3) is 11.5 Å². The van der Waals surface area contributed by atoms with Crippen LogP contribution < -0.4 is 15.0 Å². The van der Waals surface area contributed by atoms with E-state index in [0.717, 1.165) is 22.4 Å². The number of aryl methyl sites for hydroxylation is 1. The molecule has 218 valence electrons. The molecule has 2 heterocycles. The summed E-state index contributed by atoms with van der Waals surface area (Å²) < 4.78 is 18.5. The van der Waals surface area contributed by atoms with Crippen LogP contribution in [0.15, 0.2) is 70.6 Å². The smallest absolute Gasteiger partial charge is 0.282 e. The summed E-state index contributed by atoms with van der Waals surface area (Å²) in [4.78, 5) is 33.1. The minimum Gasteiger partial charge on any atom is -0.494 e. The highest BCUT2D eigenvalue weighted by atomic mass is 16.5. The lowest BCUT2D eigenvalue weighted by atomic mass is 9.96. The van der Waals surface area contributed by atoms with Crippen molar-refractivity contribution in [2.45, 2.75) is 33.6 Å². The maximum absolute atomic E-state index is 13.8. The maximum Gasteiger partial charge on any atom is 0.282 e. The van der Waals surface area contributed by atoms with Gasteiger partial charge in [0, 0.05) is 24.2 Å². The van der Waals surface area contributed by atoms with E-state index in [1.165, 1.54) is 4.68 Å². The van der Waals surface area contributed by atoms with Crippen LogP contribution >= 0.6 is 0 Å². The highest BCUT2D eigenvalue weighted by molar-refractivity contribution is 5.85. The fraction of sp³-hybridized carbons (Fsp3) is 0.333. The summed E-state index contributed by atoms with van der Waals surface area (Å²) in [5, 5.41) is 5.11. The van der Waals surface area contributed by atoms with Crippen LogP contribution in [-0.2, 0) is 9.53 Å². The summed E-state index contributed by atoms with van der Waals surface area (Å²) in [5.74, 6) is 1.84. The Bertz CT molecular complexity index is 1670. The van der Waals surface area contributed by atoms with E-state index in [-0.39, 0.29) is 24.0 Å². The second-order valence-electron chi connectivity index (χ2n) is 10.4. The van der Waals surface area contributed by atoms with Gasteiger partial charge in [0.15, 0.2) is 12.4 Å². The summed E-state index contributed by atoms with van der Waals surface area (Å²) in [5.41, 5.74) is 3.67. The molecule has 5 rings (SSSR count). The molecule has 0 N–H and O–H groups in total. The Balaban J connectivity index is 1.55. The molecular formula is C33H36N4O5. The van der Waals surface area contributed by atoms with Gasteiger partial charge >= 0.3 is 0 Å². The van der Waals surface area contributed by atoms with E-state index >= 15 is 0 Å². The molecule has 0 saturated carbocycles. The number of rotatable bonds is 9. The van der Waals surface area contributed by atoms with Crippen LogP contribution in [0.25, 0.3) is 22.3 Å². The predicted octanol–water partition coefficient (Wildman–Crippen LogP) is 5.01. The SMILES string of the molecule is CCOc1cc(C)c(-c2nc3ccccc3c(=O)n2N=Cc2ccccc2OCC(=O)N2CCOCC2)cc1C(C)C. The zero-order valence-electron chi connectivity index (χ0n) is 24.5. The Labute approximate surface area is 245 Å². The Hall–Kier alpha value is -4.50. The molecule has 1 aliphatic heterocycles. The van der Waals surface area contributed by atoms with Crippen LogP contribution in [0.3, 0.4) is 0 Å². The van der Waals surface area contributed by atoms with Crippen LogP contribution in [0.4, 0.5) is 0 Å². The third-order valence-electron chi connectivity index (χ3n) is 7.22. The van der Waals surface area contributed by atoms with Crippen LogP contribution in [0.2, 0.25) is 0 Å². The number of fused-ring (bicyclic) bond motifs is 1. The molecule has 0 atom stereocenters. The molecule has 9 heteroatoms. The zero-order valence-corrected chi connectivity index (χ0v) is 24.5. The number of hydrogen-bond acceptors (Lipinski definition) is 7. The second-order valence-corrected chi connectivity index (χ2v) is 10.4. The number of hydrogen-bond donors (Lipinski definition) is 0. The largest absolute Gasteiger partial charge is 0.494 e. The second kappa shape index (κ2) is 13.0. The number of morpholine rings is 1. The molecule has 0 unspecified atom stereocenters. The topological polar surface area (TPSA) is 95.2 Å². The molecule has 0 spiro atoms. The van der Waals surface area contributed by atoms with Gasteiger partial charge in [0.05, 0.1) is 36.9 Å². The van der Waals surface area contributed by atoms with Crippen LogP contribution in [0.5, 0.6) is 11.5 Å². The van der Waals surface area contributed by atoms with Gasteiger partial charge in [-0.3, -0.25) is 9.59 Å². The number of amides is 1. The summed E-state index contributed by atoms with van der Waals surface area (Å²) in [6.07, 6.45) is 1.57. The summed E-state index contributed by atoms with van der Waals surface area (Å²) >= 11 is 0. The molecule has 1 aromatic heterocycles. The van der Waals surface area contributed by atoms with Gasteiger partial charge in [-0.15, -0.1) is 0 Å². The molecule has 1 saturated heterocycles. The molecule has 3 aromatic carbocycles. The molecule has 0 radical (unpaired) electrons. The summed E-state index contributed by atoms with van der Waals surface area (Å²) in [6, 6.07) is 18.6. The Kier molecular flexibility index (Phi) is 8.97. The number of benzene rings is 3. The molecule has 1 fully saturated rings. The Morgan fingerprint density at radius 3 is 2.55 bits per heavy atom. The average molecular weight is 569 g/mol. The summed E-state index contributed by atoms with van der Waals surface area (Å²) in [7, 11) is 0. The van der Waals surface area contributed by atoms with Crippen molar-refractivity contribution in [2.24, 2.45) is 5.10 Å². The van der Waals surface area contributed by atoms with E-state index in [4.69, 9.17) is 19.2 Å². The fourth-order valence-electron chi connectivity index (χ4n) is 4.96. The number of nitrogens with zero attached hydrogens (tertiary/aromatic N) is 4. The minimum absolute atomic E-state index is 0.100. The zero-order chi connectivity index (χ0) is 29.6. The Morgan fingerprint density at radius 1 is 1.05 bits per heavy atom. The standard InChI is InChI=1S/C33H36N4O5/c1-5-41-30-18-23(4)27(19-26(30)22(2)3)32-35-28-12-8-7-11-25(28)33(39)37(32)34-20-24-10-6-9-13-29(24)42-21-31(38)36-14-16-40-17-15-36/h6-13,18-20,22H,5,14-17,21H2,1-4H3. The van der Waals surface area contributed by atoms with E-state index in [9.17, 15) is 9.59 Å². The van der Waals surface area contributed by atoms with Crippen molar-refractivity contribution in [3.63, 3.8) is 0 Å². The first-order valence-electron chi connectivity index (χ1n) is 14.3. The number of ether oxygens (including phenoxy) is 3. The van der Waals surface area contributed by atoms with Gasteiger partial charge in [0.1, 0.15) is 11.5 Å². The first kappa shape index (κ1) is 29.0. The van der Waals surface area contributed by atoms with Gasteiger partial charge in [-0.25, -0.2) is 4.98 Å². The lowest BCUT2D eigenvalue weighted by Gasteiger charge is -2.26. The minimum atomic E-state index is -0.285. The van der Waals surface area contributed by atoms with Crippen LogP contribution in [0.1, 0.15) is 43.4 Å². The number of carbonyl (C=O) groups excluding carboxylic acids is 1. The predicted molar refractivity (Wildman–Crippen MR) is 164 cm³/mol. The Morgan fingerprint density at radius 2 is 1.79 bits per heavy atom. The molecule has 1 amide bonds. The van der Waals surface area contributed by atoms with Crippen molar-refractivity contribution in [3.8, 4) is 22.9 Å². The summed E-state index contributed by atoms with van der Waals surface area (Å²) in [6.45, 7) is 10.8. The molecule has 42 heavy (non-hydrogen) atoms. The highest BCUT2D eigenvalue weighted by Gasteiger charge is 2.20. The van der Waals surface area contributed by atoms with Crippen LogP contribution in [0, 0.1) is 6.92 Å². The van der Waals surface area contributed by atoms with Crippen molar-refractivity contribution in [2.75, 3.05) is 39.5 Å². The number of aromatic nitrogens is 2. The third-order valence-corrected chi connectivity index (χ3v) is 7.22. The van der Waals surface area contributed by atoms with Crippen molar-refractivity contribution < 1.29 is 19.0 Å².